The third-order valence-electron chi connectivity index (χ3n) is 4.24. The Morgan fingerprint density at radius 1 is 1.10 bits per heavy atom. The highest BCUT2D eigenvalue weighted by atomic mass is 32.2. The van der Waals surface area contributed by atoms with Crippen molar-refractivity contribution in [2.75, 3.05) is 13.1 Å². The lowest BCUT2D eigenvalue weighted by Crippen LogP contribution is -2.30. The Bertz CT molecular complexity index is 1050. The molecule has 0 aliphatic heterocycles. The number of nitrogens with one attached hydrogen (secondary N) is 1. The molecule has 2 aromatic carbocycles. The van der Waals surface area contributed by atoms with Crippen molar-refractivity contribution in [3.63, 3.8) is 0 Å². The number of benzene rings is 2. The number of hydrogen-bond acceptors (Lipinski definition) is 6. The van der Waals surface area contributed by atoms with Crippen LogP contribution in [-0.2, 0) is 10.0 Å². The van der Waals surface area contributed by atoms with Gasteiger partial charge in [0.15, 0.2) is 0 Å². The molecule has 0 saturated heterocycles. The van der Waals surface area contributed by atoms with Gasteiger partial charge in [-0.3, -0.25) is 14.9 Å². The maximum Gasteiger partial charge on any atom is 0.271 e. The molecule has 1 N–H and O–H groups in total. The summed E-state index contributed by atoms with van der Waals surface area (Å²) in [6.07, 6.45) is 0. The first kappa shape index (κ1) is 22.2. The number of nitro benzene ring substituents is 1. The van der Waals surface area contributed by atoms with Gasteiger partial charge in [-0.15, -0.1) is 0 Å². The summed E-state index contributed by atoms with van der Waals surface area (Å²) in [5.41, 5.74) is 3.25. The van der Waals surface area contributed by atoms with Crippen molar-refractivity contribution in [1.29, 1.82) is 0 Å². The van der Waals surface area contributed by atoms with Crippen molar-refractivity contribution in [2.45, 2.75) is 25.7 Å². The highest BCUT2D eigenvalue weighted by Gasteiger charge is 2.22. The van der Waals surface area contributed by atoms with Crippen molar-refractivity contribution in [3.8, 4) is 0 Å². The van der Waals surface area contributed by atoms with Gasteiger partial charge in [-0.1, -0.05) is 32.0 Å². The molecule has 2 aromatic rings. The van der Waals surface area contributed by atoms with Gasteiger partial charge >= 0.3 is 0 Å². The van der Waals surface area contributed by atoms with Gasteiger partial charge in [0.1, 0.15) is 0 Å². The zero-order chi connectivity index (χ0) is 21.6. The highest BCUT2D eigenvalue weighted by molar-refractivity contribution is 7.89. The Morgan fingerprint density at radius 3 is 2.34 bits per heavy atom. The molecule has 0 bridgehead atoms. The van der Waals surface area contributed by atoms with Crippen LogP contribution in [0.5, 0.6) is 0 Å². The first-order valence-electron chi connectivity index (χ1n) is 8.90. The first-order valence-corrected chi connectivity index (χ1v) is 10.3. The van der Waals surface area contributed by atoms with E-state index in [1.54, 1.807) is 26.8 Å². The molecule has 0 aliphatic rings. The number of rotatable bonds is 8. The predicted octanol–water partition coefficient (Wildman–Crippen LogP) is 2.78. The van der Waals surface area contributed by atoms with E-state index in [0.717, 1.165) is 0 Å². The summed E-state index contributed by atoms with van der Waals surface area (Å²) in [4.78, 5) is 22.8. The number of carbonyl (C=O) groups is 1. The summed E-state index contributed by atoms with van der Waals surface area (Å²) < 4.78 is 26.5. The molecule has 10 heteroatoms. The van der Waals surface area contributed by atoms with E-state index in [4.69, 9.17) is 0 Å². The third kappa shape index (κ3) is 5.24. The number of nitrogens with zero attached hydrogens (tertiary/aromatic N) is 3. The Labute approximate surface area is 169 Å². The van der Waals surface area contributed by atoms with Crippen LogP contribution in [-0.4, -0.2) is 42.4 Å². The molecule has 1 amide bonds. The Balaban J connectivity index is 2.22. The molecular weight excluding hydrogens is 396 g/mol. The number of nitro groups is 1. The molecule has 0 heterocycles. The molecule has 9 nitrogen and oxygen atoms in total. The van der Waals surface area contributed by atoms with Crippen LogP contribution >= 0.6 is 0 Å². The number of hydrogen-bond donors (Lipinski definition) is 1. The minimum Gasteiger partial charge on any atom is -0.267 e. The van der Waals surface area contributed by atoms with Crippen molar-refractivity contribution < 1.29 is 18.1 Å². The zero-order valence-corrected chi connectivity index (χ0v) is 17.1. The van der Waals surface area contributed by atoms with Crippen molar-refractivity contribution in [2.24, 2.45) is 5.10 Å². The van der Waals surface area contributed by atoms with E-state index in [1.807, 2.05) is 0 Å². The monoisotopic (exact) mass is 418 g/mol. The maximum absolute atomic E-state index is 12.6. The van der Waals surface area contributed by atoms with Gasteiger partial charge < -0.3 is 0 Å². The molecule has 0 radical (unpaired) electrons. The lowest BCUT2D eigenvalue weighted by atomic mass is 10.1. The van der Waals surface area contributed by atoms with E-state index in [1.165, 1.54) is 46.8 Å². The van der Waals surface area contributed by atoms with Crippen molar-refractivity contribution in [1.82, 2.24) is 9.73 Å². The van der Waals surface area contributed by atoms with E-state index in [0.29, 0.717) is 24.4 Å². The van der Waals surface area contributed by atoms with Gasteiger partial charge in [0.2, 0.25) is 10.0 Å². The largest absolute Gasteiger partial charge is 0.271 e. The fraction of sp³-hybridized carbons (Fsp3) is 0.263. The first-order chi connectivity index (χ1) is 13.7. The number of amides is 1. The highest BCUT2D eigenvalue weighted by Crippen LogP contribution is 2.17. The van der Waals surface area contributed by atoms with E-state index < -0.39 is 20.9 Å². The molecule has 0 fully saturated rings. The van der Waals surface area contributed by atoms with E-state index in [-0.39, 0.29) is 16.1 Å². The summed E-state index contributed by atoms with van der Waals surface area (Å²) in [7, 11) is -3.69. The SMILES string of the molecule is CCN(CC)S(=O)(=O)c1cccc(C(=O)N/N=C(\C)c2cccc([N+](=O)[O-])c2)c1. The molecule has 0 spiro atoms. The van der Waals surface area contributed by atoms with Crippen LogP contribution in [0.2, 0.25) is 0 Å². The van der Waals surface area contributed by atoms with Crippen LogP contribution in [0.15, 0.2) is 58.5 Å². The molecular formula is C19H22N4O5S. The Kier molecular flexibility index (Phi) is 7.18. The van der Waals surface area contributed by atoms with Gasteiger partial charge in [0, 0.05) is 36.3 Å². The second kappa shape index (κ2) is 9.39. The fourth-order valence-corrected chi connectivity index (χ4v) is 4.12. The average molecular weight is 418 g/mol. The van der Waals surface area contributed by atoms with Crippen LogP contribution in [0.1, 0.15) is 36.7 Å². The normalized spacial score (nSPS) is 12.1. The zero-order valence-electron chi connectivity index (χ0n) is 16.3. The van der Waals surface area contributed by atoms with Crippen LogP contribution in [0.3, 0.4) is 0 Å². The van der Waals surface area contributed by atoms with Gasteiger partial charge in [-0.2, -0.15) is 9.41 Å². The van der Waals surface area contributed by atoms with E-state index >= 15 is 0 Å². The van der Waals surface area contributed by atoms with Crippen molar-refractivity contribution in [3.05, 3.63) is 69.8 Å². The summed E-state index contributed by atoms with van der Waals surface area (Å²) in [5.74, 6) is -0.591. The maximum atomic E-state index is 12.6. The van der Waals surface area contributed by atoms with Crippen LogP contribution < -0.4 is 5.43 Å². The smallest absolute Gasteiger partial charge is 0.267 e. The van der Waals surface area contributed by atoms with E-state index in [9.17, 15) is 23.3 Å². The molecule has 0 aromatic heterocycles. The molecule has 0 saturated carbocycles. The predicted molar refractivity (Wildman–Crippen MR) is 109 cm³/mol. The van der Waals surface area contributed by atoms with Gasteiger partial charge in [-0.25, -0.2) is 13.8 Å². The number of sulfonamides is 1. The standard InChI is InChI=1S/C19H22N4O5S/c1-4-22(5-2)29(27,28)18-11-7-9-16(13-18)19(24)21-20-14(3)15-8-6-10-17(12-15)23(25)26/h6-13H,4-5H2,1-3H3,(H,21,24)/b20-14+. The van der Waals surface area contributed by atoms with Crippen LogP contribution in [0.25, 0.3) is 0 Å². The Morgan fingerprint density at radius 2 is 1.72 bits per heavy atom. The minimum absolute atomic E-state index is 0.0215. The third-order valence-corrected chi connectivity index (χ3v) is 6.29. The second-order valence-electron chi connectivity index (χ2n) is 6.06. The summed E-state index contributed by atoms with van der Waals surface area (Å²) in [5, 5.41) is 14.8. The van der Waals surface area contributed by atoms with Crippen LogP contribution in [0, 0.1) is 10.1 Å². The molecule has 0 atom stereocenters. The number of non-ortho nitro benzene ring substituents is 1. The lowest BCUT2D eigenvalue weighted by Gasteiger charge is -2.18. The lowest BCUT2D eigenvalue weighted by molar-refractivity contribution is -0.384. The molecule has 29 heavy (non-hydrogen) atoms. The number of carbonyl (C=O) groups excluding carboxylic acids is 1. The summed E-state index contributed by atoms with van der Waals surface area (Å²) in [6.45, 7) is 5.72. The molecule has 2 rings (SSSR count). The second-order valence-corrected chi connectivity index (χ2v) is 8.00. The fourth-order valence-electron chi connectivity index (χ4n) is 2.62. The molecule has 0 aliphatic carbocycles. The number of hydrazone groups is 1. The quantitative estimate of drug-likeness (QED) is 0.401. The summed E-state index contributed by atoms with van der Waals surface area (Å²) >= 11 is 0. The average Bonchev–Trinajstić information content (AvgIpc) is 2.72. The summed E-state index contributed by atoms with van der Waals surface area (Å²) in [6, 6.07) is 11.6. The van der Waals surface area contributed by atoms with Gasteiger partial charge in [-0.05, 0) is 25.1 Å². The minimum atomic E-state index is -3.69. The van der Waals surface area contributed by atoms with Gasteiger partial charge in [0.05, 0.1) is 15.5 Å². The molecule has 0 unspecified atom stereocenters. The van der Waals surface area contributed by atoms with Crippen LogP contribution in [0.4, 0.5) is 5.69 Å². The van der Waals surface area contributed by atoms with Crippen molar-refractivity contribution >= 4 is 27.3 Å². The van der Waals surface area contributed by atoms with E-state index in [2.05, 4.69) is 10.5 Å². The van der Waals surface area contributed by atoms with Gasteiger partial charge in [0.25, 0.3) is 11.6 Å². The topological polar surface area (TPSA) is 122 Å². The molecule has 154 valence electrons. The Hall–Kier alpha value is -3.11.